The van der Waals surface area contributed by atoms with Gasteiger partial charge in [-0.25, -0.2) is 8.93 Å². The van der Waals surface area contributed by atoms with E-state index >= 15 is 0 Å². The topological polar surface area (TPSA) is 29.1 Å². The SMILES string of the molecule is C=C/C=C/C[C@H](NS(=O)c1ccccc1)c1ccccc1. The average molecular weight is 297 g/mol. The molecule has 0 aliphatic carbocycles. The van der Waals surface area contributed by atoms with Gasteiger partial charge in [-0.3, -0.25) is 0 Å². The minimum absolute atomic E-state index is 0.00318. The van der Waals surface area contributed by atoms with Crippen LogP contribution in [0.3, 0.4) is 0 Å². The molecular formula is C18H19NOS. The van der Waals surface area contributed by atoms with Gasteiger partial charge in [-0.05, 0) is 24.1 Å². The zero-order valence-electron chi connectivity index (χ0n) is 11.8. The van der Waals surface area contributed by atoms with Crippen molar-refractivity contribution in [3.63, 3.8) is 0 Å². The molecule has 108 valence electrons. The van der Waals surface area contributed by atoms with E-state index in [1.807, 2.05) is 72.8 Å². The molecule has 3 heteroatoms. The van der Waals surface area contributed by atoms with E-state index in [9.17, 15) is 4.21 Å². The average Bonchev–Trinajstić information content (AvgIpc) is 2.55. The maximum Gasteiger partial charge on any atom is 0.125 e. The number of benzene rings is 2. The summed E-state index contributed by atoms with van der Waals surface area (Å²) in [5, 5.41) is 0. The Morgan fingerprint density at radius 3 is 2.29 bits per heavy atom. The molecule has 0 heterocycles. The van der Waals surface area contributed by atoms with Crippen molar-refractivity contribution in [2.75, 3.05) is 0 Å². The van der Waals surface area contributed by atoms with Gasteiger partial charge < -0.3 is 0 Å². The molecule has 2 nitrogen and oxygen atoms in total. The predicted molar refractivity (Wildman–Crippen MR) is 89.1 cm³/mol. The molecule has 0 bridgehead atoms. The summed E-state index contributed by atoms with van der Waals surface area (Å²) in [6.07, 6.45) is 6.44. The Hall–Kier alpha value is -1.97. The third kappa shape index (κ3) is 4.81. The van der Waals surface area contributed by atoms with E-state index in [-0.39, 0.29) is 6.04 Å². The van der Waals surface area contributed by atoms with Crippen LogP contribution in [0.25, 0.3) is 0 Å². The van der Waals surface area contributed by atoms with Gasteiger partial charge in [-0.15, -0.1) is 0 Å². The summed E-state index contributed by atoms with van der Waals surface area (Å²) in [5.41, 5.74) is 1.12. The molecule has 2 aromatic carbocycles. The second-order valence-corrected chi connectivity index (χ2v) is 5.81. The molecule has 0 amide bonds. The van der Waals surface area contributed by atoms with Crippen molar-refractivity contribution >= 4 is 11.0 Å². The van der Waals surface area contributed by atoms with E-state index in [1.54, 1.807) is 6.08 Å². The molecule has 21 heavy (non-hydrogen) atoms. The molecule has 0 saturated heterocycles. The lowest BCUT2D eigenvalue weighted by Crippen LogP contribution is -2.23. The van der Waals surface area contributed by atoms with Gasteiger partial charge in [0, 0.05) is 6.04 Å². The minimum Gasteiger partial charge on any atom is -0.237 e. The highest BCUT2D eigenvalue weighted by Crippen LogP contribution is 2.19. The highest BCUT2D eigenvalue weighted by molar-refractivity contribution is 7.83. The van der Waals surface area contributed by atoms with Crippen LogP contribution in [-0.4, -0.2) is 4.21 Å². The third-order valence-corrected chi connectivity index (χ3v) is 4.25. The van der Waals surface area contributed by atoms with Crippen LogP contribution in [-0.2, 0) is 11.0 Å². The van der Waals surface area contributed by atoms with Gasteiger partial charge in [-0.1, -0.05) is 73.3 Å². The van der Waals surface area contributed by atoms with Gasteiger partial charge in [0.2, 0.25) is 0 Å². The summed E-state index contributed by atoms with van der Waals surface area (Å²) in [6.45, 7) is 3.67. The Morgan fingerprint density at radius 1 is 1.05 bits per heavy atom. The fraction of sp³-hybridized carbons (Fsp3) is 0.111. The zero-order valence-corrected chi connectivity index (χ0v) is 12.6. The molecule has 0 aliphatic heterocycles. The zero-order chi connectivity index (χ0) is 14.9. The van der Waals surface area contributed by atoms with E-state index in [0.717, 1.165) is 16.9 Å². The van der Waals surface area contributed by atoms with Crippen LogP contribution in [0.1, 0.15) is 18.0 Å². The predicted octanol–water partition coefficient (Wildman–Crippen LogP) is 4.17. The Bertz CT molecular complexity index is 608. The minimum atomic E-state index is -1.23. The lowest BCUT2D eigenvalue weighted by molar-refractivity contribution is 0.631. The Morgan fingerprint density at radius 2 is 1.67 bits per heavy atom. The molecule has 2 atom stereocenters. The van der Waals surface area contributed by atoms with E-state index in [0.29, 0.717) is 0 Å². The Labute approximate surface area is 128 Å². The molecule has 0 fully saturated rings. The summed E-state index contributed by atoms with van der Waals surface area (Å²) in [7, 11) is -1.23. The normalized spacial score (nSPS) is 13.9. The number of hydrogen-bond acceptors (Lipinski definition) is 1. The smallest absolute Gasteiger partial charge is 0.125 e. The van der Waals surface area contributed by atoms with Crippen molar-refractivity contribution in [2.45, 2.75) is 17.4 Å². The van der Waals surface area contributed by atoms with Crippen molar-refractivity contribution in [1.82, 2.24) is 4.72 Å². The first-order valence-corrected chi connectivity index (χ1v) is 8.01. The third-order valence-electron chi connectivity index (χ3n) is 3.05. The van der Waals surface area contributed by atoms with Gasteiger partial charge in [0.1, 0.15) is 11.0 Å². The highest BCUT2D eigenvalue weighted by atomic mass is 32.2. The van der Waals surface area contributed by atoms with Crippen LogP contribution >= 0.6 is 0 Å². The van der Waals surface area contributed by atoms with Gasteiger partial charge in [0.25, 0.3) is 0 Å². The molecule has 1 N–H and O–H groups in total. The van der Waals surface area contributed by atoms with Crippen molar-refractivity contribution in [2.24, 2.45) is 0 Å². The first-order chi connectivity index (χ1) is 10.3. The van der Waals surface area contributed by atoms with E-state index in [1.165, 1.54) is 0 Å². The summed E-state index contributed by atoms with van der Waals surface area (Å²) in [5.74, 6) is 0. The standard InChI is InChI=1S/C18H19NOS/c1-2-3-6-15-18(16-11-7-4-8-12-16)19-21(20)17-13-9-5-10-14-17/h2-14,18-19H,1,15H2/b6-3+/t18-,21?/m0/s1. The van der Waals surface area contributed by atoms with Crippen molar-refractivity contribution in [1.29, 1.82) is 0 Å². The molecule has 0 spiro atoms. The van der Waals surface area contributed by atoms with Crippen LogP contribution in [0.15, 0.2) is 90.4 Å². The maximum absolute atomic E-state index is 12.4. The molecule has 0 saturated carbocycles. The monoisotopic (exact) mass is 297 g/mol. The van der Waals surface area contributed by atoms with Crippen LogP contribution in [0.2, 0.25) is 0 Å². The first kappa shape index (κ1) is 15.4. The lowest BCUT2D eigenvalue weighted by atomic mass is 10.0. The molecule has 0 aromatic heterocycles. The summed E-state index contributed by atoms with van der Waals surface area (Å²) in [6, 6.07) is 19.5. The second-order valence-electron chi connectivity index (χ2n) is 4.56. The molecule has 1 unspecified atom stereocenters. The second kappa shape index (κ2) is 8.35. The Balaban J connectivity index is 2.14. The van der Waals surface area contributed by atoms with Crippen LogP contribution < -0.4 is 4.72 Å². The van der Waals surface area contributed by atoms with Gasteiger partial charge in [-0.2, -0.15) is 0 Å². The fourth-order valence-corrected chi connectivity index (χ4v) is 3.02. The van der Waals surface area contributed by atoms with E-state index in [4.69, 9.17) is 0 Å². The van der Waals surface area contributed by atoms with Crippen LogP contribution in [0.4, 0.5) is 0 Å². The number of allylic oxidation sites excluding steroid dienone is 2. The molecular weight excluding hydrogens is 278 g/mol. The van der Waals surface area contributed by atoms with Crippen molar-refractivity contribution in [3.05, 3.63) is 91.0 Å². The summed E-state index contributed by atoms with van der Waals surface area (Å²) >= 11 is 0. The van der Waals surface area contributed by atoms with E-state index in [2.05, 4.69) is 11.3 Å². The van der Waals surface area contributed by atoms with Crippen LogP contribution in [0, 0.1) is 0 Å². The molecule has 0 aliphatic rings. The summed E-state index contributed by atoms with van der Waals surface area (Å²) < 4.78 is 15.6. The van der Waals surface area contributed by atoms with Crippen molar-refractivity contribution in [3.8, 4) is 0 Å². The van der Waals surface area contributed by atoms with Gasteiger partial charge in [0.15, 0.2) is 0 Å². The maximum atomic E-state index is 12.4. The lowest BCUT2D eigenvalue weighted by Gasteiger charge is -2.17. The molecule has 2 aromatic rings. The quantitative estimate of drug-likeness (QED) is 0.763. The first-order valence-electron chi connectivity index (χ1n) is 6.87. The van der Waals surface area contributed by atoms with E-state index < -0.39 is 11.0 Å². The Kier molecular flexibility index (Phi) is 6.13. The number of nitrogens with one attached hydrogen (secondary N) is 1. The highest BCUT2D eigenvalue weighted by Gasteiger charge is 2.13. The molecule has 0 radical (unpaired) electrons. The number of hydrogen-bond donors (Lipinski definition) is 1. The number of rotatable bonds is 7. The van der Waals surface area contributed by atoms with Gasteiger partial charge >= 0.3 is 0 Å². The van der Waals surface area contributed by atoms with Crippen LogP contribution in [0.5, 0.6) is 0 Å². The fourth-order valence-electron chi connectivity index (χ4n) is 1.99. The van der Waals surface area contributed by atoms with Crippen molar-refractivity contribution < 1.29 is 4.21 Å². The summed E-state index contributed by atoms with van der Waals surface area (Å²) in [4.78, 5) is 0.783. The van der Waals surface area contributed by atoms with Gasteiger partial charge in [0.05, 0.1) is 4.90 Å². The largest absolute Gasteiger partial charge is 0.237 e. The molecule has 2 rings (SSSR count).